The van der Waals surface area contributed by atoms with Crippen LogP contribution in [0, 0.1) is 11.8 Å². The van der Waals surface area contributed by atoms with Gasteiger partial charge in [0.1, 0.15) is 0 Å². The van der Waals surface area contributed by atoms with E-state index in [4.69, 9.17) is 5.21 Å². The summed E-state index contributed by atoms with van der Waals surface area (Å²) in [6.07, 6.45) is 0.701. The van der Waals surface area contributed by atoms with E-state index >= 15 is 0 Å². The van der Waals surface area contributed by atoms with Gasteiger partial charge in [0.2, 0.25) is 5.91 Å². The van der Waals surface area contributed by atoms with Crippen LogP contribution in [0.4, 0.5) is 0 Å². The van der Waals surface area contributed by atoms with E-state index in [-0.39, 0.29) is 11.8 Å². The Morgan fingerprint density at radius 3 is 2.57 bits per heavy atom. The van der Waals surface area contributed by atoms with Crippen molar-refractivity contribution in [3.8, 4) is 0 Å². The van der Waals surface area contributed by atoms with Gasteiger partial charge >= 0.3 is 0 Å². The number of likely N-dealkylation sites (tertiary alicyclic amines) is 1. The second-order valence-corrected chi connectivity index (χ2v) is 4.21. The molecule has 0 radical (unpaired) electrons. The average Bonchev–Trinajstić information content (AvgIpc) is 2.63. The van der Waals surface area contributed by atoms with Crippen LogP contribution in [0.5, 0.6) is 0 Å². The molecule has 0 aromatic rings. The molecule has 0 aliphatic carbocycles. The van der Waals surface area contributed by atoms with E-state index < -0.39 is 0 Å². The molecule has 0 aromatic carbocycles. The predicted octanol–water partition coefficient (Wildman–Crippen LogP) is 1.34. The first-order valence-electron chi connectivity index (χ1n) is 5.04. The number of oxime groups is 1. The molecule has 0 bridgehead atoms. The molecule has 1 unspecified atom stereocenters. The van der Waals surface area contributed by atoms with Gasteiger partial charge in [-0.25, -0.2) is 0 Å². The molecule has 1 saturated heterocycles. The standard InChI is InChI=1S/C10H18N2O2/c1-7(2)8(3)10(13)12-5-4-9(6-12)11-14/h7-8,14H,4-6H2,1-3H3/b11-9-. The third-order valence-electron chi connectivity index (χ3n) is 2.89. The third-order valence-corrected chi connectivity index (χ3v) is 2.89. The molecule has 4 heteroatoms. The van der Waals surface area contributed by atoms with Crippen molar-refractivity contribution < 1.29 is 10.0 Å². The van der Waals surface area contributed by atoms with Crippen molar-refractivity contribution in [1.82, 2.24) is 4.90 Å². The lowest BCUT2D eigenvalue weighted by molar-refractivity contribution is -0.134. The molecule has 1 fully saturated rings. The van der Waals surface area contributed by atoms with Crippen LogP contribution in [-0.2, 0) is 4.79 Å². The number of hydrogen-bond donors (Lipinski definition) is 1. The molecule has 80 valence electrons. The topological polar surface area (TPSA) is 52.9 Å². The number of carbonyl (C=O) groups is 1. The predicted molar refractivity (Wildman–Crippen MR) is 54.4 cm³/mol. The summed E-state index contributed by atoms with van der Waals surface area (Å²) >= 11 is 0. The van der Waals surface area contributed by atoms with Crippen molar-refractivity contribution in [2.45, 2.75) is 27.2 Å². The van der Waals surface area contributed by atoms with Crippen molar-refractivity contribution in [1.29, 1.82) is 0 Å². The zero-order chi connectivity index (χ0) is 10.7. The summed E-state index contributed by atoms with van der Waals surface area (Å²) in [5.74, 6) is 0.573. The van der Waals surface area contributed by atoms with Gasteiger partial charge < -0.3 is 10.1 Å². The minimum Gasteiger partial charge on any atom is -0.411 e. The van der Waals surface area contributed by atoms with Crippen LogP contribution in [0.3, 0.4) is 0 Å². The minimum atomic E-state index is 0.0491. The molecule has 1 amide bonds. The highest BCUT2D eigenvalue weighted by Crippen LogP contribution is 2.16. The van der Waals surface area contributed by atoms with Crippen molar-refractivity contribution >= 4 is 11.6 Å². The van der Waals surface area contributed by atoms with E-state index in [1.807, 2.05) is 20.8 Å². The summed E-state index contributed by atoms with van der Waals surface area (Å²) in [6, 6.07) is 0. The fraction of sp³-hybridized carbons (Fsp3) is 0.800. The molecule has 1 aliphatic heterocycles. The Hall–Kier alpha value is -1.06. The number of nitrogens with zero attached hydrogens (tertiary/aromatic N) is 2. The maximum absolute atomic E-state index is 11.8. The smallest absolute Gasteiger partial charge is 0.226 e. The zero-order valence-corrected chi connectivity index (χ0v) is 9.03. The first kappa shape index (κ1) is 11.0. The zero-order valence-electron chi connectivity index (χ0n) is 9.03. The van der Waals surface area contributed by atoms with Crippen molar-refractivity contribution in [2.24, 2.45) is 17.0 Å². The van der Waals surface area contributed by atoms with Gasteiger partial charge in [0.15, 0.2) is 0 Å². The highest BCUT2D eigenvalue weighted by Gasteiger charge is 2.27. The Bertz CT molecular complexity index is 249. The molecular formula is C10H18N2O2. The van der Waals surface area contributed by atoms with Gasteiger partial charge in [0.05, 0.1) is 12.3 Å². The van der Waals surface area contributed by atoms with Crippen molar-refractivity contribution in [3.63, 3.8) is 0 Å². The molecule has 14 heavy (non-hydrogen) atoms. The van der Waals surface area contributed by atoms with Crippen LogP contribution in [-0.4, -0.2) is 34.8 Å². The number of rotatable bonds is 2. The summed E-state index contributed by atoms with van der Waals surface area (Å²) in [4.78, 5) is 13.6. The van der Waals surface area contributed by atoms with E-state index in [0.29, 0.717) is 31.1 Å². The first-order chi connectivity index (χ1) is 6.56. The van der Waals surface area contributed by atoms with Crippen molar-refractivity contribution in [3.05, 3.63) is 0 Å². The lowest BCUT2D eigenvalue weighted by Crippen LogP contribution is -2.35. The Kier molecular flexibility index (Phi) is 3.49. The van der Waals surface area contributed by atoms with Crippen LogP contribution >= 0.6 is 0 Å². The van der Waals surface area contributed by atoms with Crippen LogP contribution in [0.25, 0.3) is 0 Å². The van der Waals surface area contributed by atoms with Gasteiger partial charge in [-0.2, -0.15) is 0 Å². The minimum absolute atomic E-state index is 0.0491. The Labute approximate surface area is 84.6 Å². The normalized spacial score (nSPS) is 22.0. The highest BCUT2D eigenvalue weighted by molar-refractivity contribution is 5.93. The molecule has 0 aromatic heterocycles. The lowest BCUT2D eigenvalue weighted by atomic mass is 9.97. The van der Waals surface area contributed by atoms with Crippen LogP contribution in [0.2, 0.25) is 0 Å². The van der Waals surface area contributed by atoms with Crippen LogP contribution in [0.15, 0.2) is 5.16 Å². The summed E-state index contributed by atoms with van der Waals surface area (Å²) in [5.41, 5.74) is 0.703. The quantitative estimate of drug-likeness (QED) is 0.537. The Balaban J connectivity index is 2.55. The van der Waals surface area contributed by atoms with Gasteiger partial charge in [0.25, 0.3) is 0 Å². The van der Waals surface area contributed by atoms with Gasteiger partial charge in [-0.3, -0.25) is 4.79 Å². The molecular weight excluding hydrogens is 180 g/mol. The van der Waals surface area contributed by atoms with Gasteiger partial charge in [-0.05, 0) is 5.92 Å². The van der Waals surface area contributed by atoms with Gasteiger partial charge in [-0.15, -0.1) is 0 Å². The Morgan fingerprint density at radius 1 is 1.50 bits per heavy atom. The molecule has 4 nitrogen and oxygen atoms in total. The van der Waals surface area contributed by atoms with Crippen LogP contribution in [0.1, 0.15) is 27.2 Å². The molecule has 0 spiro atoms. The van der Waals surface area contributed by atoms with E-state index in [1.165, 1.54) is 0 Å². The van der Waals surface area contributed by atoms with E-state index in [9.17, 15) is 4.79 Å². The summed E-state index contributed by atoms with van der Waals surface area (Å²) < 4.78 is 0. The van der Waals surface area contributed by atoms with Crippen molar-refractivity contribution in [2.75, 3.05) is 13.1 Å². The second kappa shape index (κ2) is 4.44. The molecule has 1 rings (SSSR count). The summed E-state index contributed by atoms with van der Waals surface area (Å²) in [6.45, 7) is 7.21. The molecule has 1 aliphatic rings. The lowest BCUT2D eigenvalue weighted by Gasteiger charge is -2.22. The average molecular weight is 198 g/mol. The third kappa shape index (κ3) is 2.25. The van der Waals surface area contributed by atoms with E-state index in [2.05, 4.69) is 5.16 Å². The Morgan fingerprint density at radius 2 is 2.14 bits per heavy atom. The summed E-state index contributed by atoms with van der Waals surface area (Å²) in [7, 11) is 0. The fourth-order valence-electron chi connectivity index (χ4n) is 1.49. The first-order valence-corrected chi connectivity index (χ1v) is 5.04. The SMILES string of the molecule is CC(C)C(C)C(=O)N1CC/C(=N/O)C1. The maximum atomic E-state index is 11.8. The van der Waals surface area contributed by atoms with Crippen LogP contribution < -0.4 is 0 Å². The van der Waals surface area contributed by atoms with Gasteiger partial charge in [-0.1, -0.05) is 25.9 Å². The number of amides is 1. The molecule has 1 atom stereocenters. The van der Waals surface area contributed by atoms with E-state index in [0.717, 1.165) is 0 Å². The largest absolute Gasteiger partial charge is 0.411 e. The molecule has 0 saturated carbocycles. The maximum Gasteiger partial charge on any atom is 0.226 e. The van der Waals surface area contributed by atoms with Gasteiger partial charge in [0, 0.05) is 18.9 Å². The summed E-state index contributed by atoms with van der Waals surface area (Å²) in [5, 5.41) is 11.7. The second-order valence-electron chi connectivity index (χ2n) is 4.21. The number of hydrogen-bond acceptors (Lipinski definition) is 3. The monoisotopic (exact) mass is 198 g/mol. The molecule has 1 N–H and O–H groups in total. The number of carbonyl (C=O) groups excluding carboxylic acids is 1. The van der Waals surface area contributed by atoms with E-state index in [1.54, 1.807) is 4.90 Å². The molecule has 1 heterocycles. The highest BCUT2D eigenvalue weighted by atomic mass is 16.4. The fourth-order valence-corrected chi connectivity index (χ4v) is 1.49.